The van der Waals surface area contributed by atoms with Crippen molar-refractivity contribution < 1.29 is 9.78 Å². The van der Waals surface area contributed by atoms with Gasteiger partial charge in [-0.2, -0.15) is 0 Å². The molecule has 4 N–H and O–H groups in total. The van der Waals surface area contributed by atoms with Crippen LogP contribution in [-0.4, -0.2) is 16.9 Å². The van der Waals surface area contributed by atoms with Crippen LogP contribution in [0, 0.1) is 6.92 Å². The molecule has 3 heterocycles. The van der Waals surface area contributed by atoms with Gasteiger partial charge in [0.25, 0.3) is 11.7 Å². The first-order valence-corrected chi connectivity index (χ1v) is 7.02. The Kier molecular flexibility index (Phi) is 2.42. The minimum absolute atomic E-state index is 0.158. The van der Waals surface area contributed by atoms with E-state index in [0.717, 1.165) is 35.7 Å². The summed E-state index contributed by atoms with van der Waals surface area (Å²) in [5, 5.41) is 2.97. The molecule has 1 fully saturated rings. The smallest absolute Gasteiger partial charge is 0.294 e. The Balaban J connectivity index is 2.00. The lowest BCUT2D eigenvalue weighted by molar-refractivity contribution is -0.362. The molecule has 0 radical (unpaired) electrons. The first-order chi connectivity index (χ1) is 10.1. The van der Waals surface area contributed by atoms with Gasteiger partial charge in [-0.05, 0) is 37.5 Å². The van der Waals surface area contributed by atoms with E-state index in [-0.39, 0.29) is 5.91 Å². The zero-order valence-corrected chi connectivity index (χ0v) is 11.7. The van der Waals surface area contributed by atoms with Crippen LogP contribution >= 0.6 is 0 Å². The second-order valence-electron chi connectivity index (χ2n) is 5.58. The Morgan fingerprint density at radius 1 is 1.48 bits per heavy atom. The molecule has 0 aromatic carbocycles. The van der Waals surface area contributed by atoms with Gasteiger partial charge in [0.15, 0.2) is 0 Å². The summed E-state index contributed by atoms with van der Waals surface area (Å²) in [4.78, 5) is 22.3. The molecule has 1 aliphatic heterocycles. The summed E-state index contributed by atoms with van der Waals surface area (Å²) in [6.45, 7) is 1.97. The van der Waals surface area contributed by atoms with E-state index in [2.05, 4.69) is 20.2 Å². The standard InChI is InChI=1S/C15H15N5O/c1-8-4-5-17-14-12(8)19-15(21)11-6-9(16)7-18-13(11)20(14)10-2-3-10/h4-7,10H,2-3,16H2,1H3,(H,19,21)/p+1. The lowest BCUT2D eigenvalue weighted by atomic mass is 10.2. The molecular formula is C15H16N5O+. The summed E-state index contributed by atoms with van der Waals surface area (Å²) in [5.74, 6) is 1.40. The normalized spacial score (nSPS) is 16.8. The number of hydrogen-bond acceptors (Lipinski definition) is 4. The number of carbonyl (C=O) groups excluding carboxylic acids is 1. The summed E-state index contributed by atoms with van der Waals surface area (Å²) in [6, 6.07) is 3.99. The number of carbonyl (C=O) groups is 1. The highest BCUT2D eigenvalue weighted by atomic mass is 16.1. The minimum atomic E-state index is -0.158. The molecule has 1 aliphatic carbocycles. The Morgan fingerprint density at radius 3 is 3.05 bits per heavy atom. The summed E-state index contributed by atoms with van der Waals surface area (Å²) in [7, 11) is 0. The molecule has 4 rings (SSSR count). The topological polar surface area (TPSA) is 85.4 Å². The molecular weight excluding hydrogens is 266 g/mol. The van der Waals surface area contributed by atoms with Crippen molar-refractivity contribution in [1.82, 2.24) is 4.98 Å². The van der Waals surface area contributed by atoms with Crippen molar-refractivity contribution in [3.05, 3.63) is 35.7 Å². The van der Waals surface area contributed by atoms with Gasteiger partial charge in [0.1, 0.15) is 23.5 Å². The van der Waals surface area contributed by atoms with Gasteiger partial charge in [0, 0.05) is 6.20 Å². The van der Waals surface area contributed by atoms with Gasteiger partial charge >= 0.3 is 0 Å². The summed E-state index contributed by atoms with van der Waals surface area (Å²) >= 11 is 0. The molecule has 6 heteroatoms. The summed E-state index contributed by atoms with van der Waals surface area (Å²) < 4.78 is 0. The van der Waals surface area contributed by atoms with E-state index in [1.807, 2.05) is 13.0 Å². The van der Waals surface area contributed by atoms with Crippen molar-refractivity contribution in [2.24, 2.45) is 0 Å². The van der Waals surface area contributed by atoms with Crippen LogP contribution in [0.2, 0.25) is 0 Å². The van der Waals surface area contributed by atoms with E-state index >= 15 is 0 Å². The number of rotatable bonds is 1. The van der Waals surface area contributed by atoms with E-state index in [1.54, 1.807) is 18.5 Å². The minimum Gasteiger partial charge on any atom is -0.396 e. The van der Waals surface area contributed by atoms with E-state index in [1.165, 1.54) is 0 Å². The van der Waals surface area contributed by atoms with Crippen LogP contribution in [-0.2, 0) is 0 Å². The maximum Gasteiger partial charge on any atom is 0.294 e. The number of anilines is 4. The number of nitrogens with zero attached hydrogens (tertiary/aromatic N) is 2. The molecule has 0 atom stereocenters. The molecule has 2 aromatic rings. The fourth-order valence-corrected chi connectivity index (χ4v) is 2.73. The maximum atomic E-state index is 12.5. The second kappa shape index (κ2) is 4.18. The lowest BCUT2D eigenvalue weighted by Crippen LogP contribution is -2.29. The van der Waals surface area contributed by atoms with Gasteiger partial charge < -0.3 is 11.1 Å². The van der Waals surface area contributed by atoms with Gasteiger partial charge in [-0.1, -0.05) is 0 Å². The van der Waals surface area contributed by atoms with Crippen LogP contribution in [0.5, 0.6) is 0 Å². The average molecular weight is 282 g/mol. The molecule has 21 heavy (non-hydrogen) atoms. The first-order valence-electron chi connectivity index (χ1n) is 7.02. The third-order valence-electron chi connectivity index (χ3n) is 3.95. The Hall–Kier alpha value is -2.63. The maximum absolute atomic E-state index is 12.5. The molecule has 106 valence electrons. The Labute approximate surface area is 122 Å². The van der Waals surface area contributed by atoms with Crippen molar-refractivity contribution >= 4 is 28.9 Å². The predicted octanol–water partition coefficient (Wildman–Crippen LogP) is 1.65. The molecule has 2 aromatic heterocycles. The third-order valence-corrected chi connectivity index (χ3v) is 3.95. The highest BCUT2D eigenvalue weighted by molar-refractivity contribution is 6.11. The number of amides is 1. The zero-order chi connectivity index (χ0) is 14.6. The Morgan fingerprint density at radius 2 is 2.29 bits per heavy atom. The molecule has 0 spiro atoms. The van der Waals surface area contributed by atoms with Crippen molar-refractivity contribution in [1.29, 1.82) is 0 Å². The average Bonchev–Trinajstić information content (AvgIpc) is 3.28. The number of nitrogens with one attached hydrogen (secondary N) is 2. The summed E-state index contributed by atoms with van der Waals surface area (Å²) in [5.41, 5.74) is 8.69. The van der Waals surface area contributed by atoms with Crippen LogP contribution in [0.15, 0.2) is 24.5 Å². The Bertz CT molecular complexity index is 754. The van der Waals surface area contributed by atoms with E-state index < -0.39 is 0 Å². The fraction of sp³-hybridized carbons (Fsp3) is 0.267. The first kappa shape index (κ1) is 12.1. The van der Waals surface area contributed by atoms with Crippen LogP contribution in [0.1, 0.15) is 28.8 Å². The lowest BCUT2D eigenvalue weighted by Gasteiger charge is -2.16. The molecule has 0 unspecified atom stereocenters. The van der Waals surface area contributed by atoms with Crippen LogP contribution in [0.3, 0.4) is 0 Å². The van der Waals surface area contributed by atoms with Gasteiger partial charge in [-0.25, -0.2) is 14.9 Å². The van der Waals surface area contributed by atoms with E-state index in [4.69, 9.17) is 5.73 Å². The number of aryl methyl sites for hydroxylation is 1. The van der Waals surface area contributed by atoms with Gasteiger partial charge in [0.05, 0.1) is 5.69 Å². The quantitative estimate of drug-likeness (QED) is 0.833. The monoisotopic (exact) mass is 282 g/mol. The third kappa shape index (κ3) is 1.83. The second-order valence-corrected chi connectivity index (χ2v) is 5.58. The fourth-order valence-electron chi connectivity index (χ4n) is 2.73. The number of nitrogens with two attached hydrogens (primary N) is 1. The number of pyridine rings is 2. The SMILES string of the molecule is Cc1ccnc2c1NC(=O)c1cc(N)c[nH+]c1N2C1CC1. The zero-order valence-electron chi connectivity index (χ0n) is 11.7. The molecule has 2 aliphatic rings. The van der Waals surface area contributed by atoms with Crippen molar-refractivity contribution in [3.8, 4) is 0 Å². The summed E-state index contributed by atoms with van der Waals surface area (Å²) in [6.07, 6.45) is 5.68. The number of fused-ring (bicyclic) bond motifs is 2. The van der Waals surface area contributed by atoms with Gasteiger partial charge in [0.2, 0.25) is 5.82 Å². The van der Waals surface area contributed by atoms with E-state index in [0.29, 0.717) is 17.3 Å². The van der Waals surface area contributed by atoms with Crippen molar-refractivity contribution in [2.75, 3.05) is 16.0 Å². The molecule has 6 nitrogen and oxygen atoms in total. The van der Waals surface area contributed by atoms with Crippen LogP contribution < -0.4 is 20.9 Å². The van der Waals surface area contributed by atoms with Crippen molar-refractivity contribution in [3.63, 3.8) is 0 Å². The number of H-pyrrole nitrogens is 1. The largest absolute Gasteiger partial charge is 0.396 e. The predicted molar refractivity (Wildman–Crippen MR) is 79.5 cm³/mol. The van der Waals surface area contributed by atoms with E-state index in [9.17, 15) is 4.79 Å². The molecule has 1 amide bonds. The highest BCUT2D eigenvalue weighted by Gasteiger charge is 2.44. The number of aromatic nitrogens is 2. The number of hydrogen-bond donors (Lipinski definition) is 2. The van der Waals surface area contributed by atoms with Gasteiger partial charge in [-0.3, -0.25) is 4.79 Å². The molecule has 0 bridgehead atoms. The highest BCUT2D eigenvalue weighted by Crippen LogP contribution is 2.42. The van der Waals surface area contributed by atoms with Crippen LogP contribution in [0.25, 0.3) is 0 Å². The van der Waals surface area contributed by atoms with Gasteiger partial charge in [-0.15, -0.1) is 0 Å². The van der Waals surface area contributed by atoms with Crippen LogP contribution in [0.4, 0.5) is 23.0 Å². The number of nitrogen functional groups attached to an aromatic ring is 1. The molecule has 1 saturated carbocycles. The number of aromatic amines is 1. The van der Waals surface area contributed by atoms with Crippen molar-refractivity contribution in [2.45, 2.75) is 25.8 Å². The molecule has 0 saturated heterocycles.